The normalized spacial score (nSPS) is 14.7. The minimum atomic E-state index is 0.0639. The smallest absolute Gasteiger partial charge is 0.219 e. The molecule has 26 heavy (non-hydrogen) atoms. The highest BCUT2D eigenvalue weighted by atomic mass is 16.5. The molecule has 138 valence electrons. The number of fused-ring (bicyclic) bond motifs is 1. The third-order valence-corrected chi connectivity index (χ3v) is 4.61. The standard InChI is InChI=1S/C19H25N5O2/c1-4-14(12-26-3)21-18-15-8-10-24(13(2)25)11-17(15)22-19(23-18)16-7-5-6-9-20-16/h5-7,9,14H,4,8,10-12H2,1-3H3,(H,21,22,23)/t14-/m1/s1. The minimum absolute atomic E-state index is 0.0639. The van der Waals surface area contributed by atoms with Crippen LogP contribution in [0.4, 0.5) is 5.82 Å². The predicted octanol–water partition coefficient (Wildman–Crippen LogP) is 2.28. The number of amides is 1. The van der Waals surface area contributed by atoms with Crippen molar-refractivity contribution in [2.75, 3.05) is 25.6 Å². The number of pyridine rings is 1. The Morgan fingerprint density at radius 3 is 2.88 bits per heavy atom. The summed E-state index contributed by atoms with van der Waals surface area (Å²) < 4.78 is 5.30. The average Bonchev–Trinajstić information content (AvgIpc) is 2.67. The first-order valence-electron chi connectivity index (χ1n) is 8.94. The molecule has 0 bridgehead atoms. The fourth-order valence-corrected chi connectivity index (χ4v) is 3.08. The number of carbonyl (C=O) groups excluding carboxylic acids is 1. The van der Waals surface area contributed by atoms with Gasteiger partial charge in [-0.1, -0.05) is 13.0 Å². The lowest BCUT2D eigenvalue weighted by Gasteiger charge is -2.29. The lowest BCUT2D eigenvalue weighted by atomic mass is 10.0. The second-order valence-electron chi connectivity index (χ2n) is 6.43. The molecule has 2 aromatic heterocycles. The maximum Gasteiger partial charge on any atom is 0.219 e. The van der Waals surface area contributed by atoms with Crippen molar-refractivity contribution in [3.05, 3.63) is 35.7 Å². The summed E-state index contributed by atoms with van der Waals surface area (Å²) in [7, 11) is 1.70. The monoisotopic (exact) mass is 355 g/mol. The van der Waals surface area contributed by atoms with Crippen molar-refractivity contribution in [3.63, 3.8) is 0 Å². The molecular weight excluding hydrogens is 330 g/mol. The molecule has 7 heteroatoms. The molecule has 0 radical (unpaired) electrons. The number of carbonyl (C=O) groups is 1. The average molecular weight is 355 g/mol. The number of hydrogen-bond acceptors (Lipinski definition) is 6. The number of rotatable bonds is 6. The Balaban J connectivity index is 2.01. The second-order valence-corrected chi connectivity index (χ2v) is 6.43. The highest BCUT2D eigenvalue weighted by Crippen LogP contribution is 2.27. The molecule has 0 saturated carbocycles. The van der Waals surface area contributed by atoms with E-state index in [9.17, 15) is 4.79 Å². The van der Waals surface area contributed by atoms with Crippen LogP contribution in [0.25, 0.3) is 11.5 Å². The Bertz CT molecular complexity index is 766. The van der Waals surface area contributed by atoms with Crippen LogP contribution in [0.2, 0.25) is 0 Å². The predicted molar refractivity (Wildman–Crippen MR) is 99.6 cm³/mol. The summed E-state index contributed by atoms with van der Waals surface area (Å²) in [5.74, 6) is 1.46. The molecule has 2 aromatic rings. The molecule has 1 aliphatic heterocycles. The van der Waals surface area contributed by atoms with Crippen LogP contribution in [0, 0.1) is 0 Å². The van der Waals surface area contributed by atoms with Crippen molar-refractivity contribution in [2.45, 2.75) is 39.3 Å². The topological polar surface area (TPSA) is 80.2 Å². The largest absolute Gasteiger partial charge is 0.383 e. The number of nitrogens with one attached hydrogen (secondary N) is 1. The number of hydrogen-bond donors (Lipinski definition) is 1. The highest BCUT2D eigenvalue weighted by Gasteiger charge is 2.25. The van der Waals surface area contributed by atoms with Crippen molar-refractivity contribution in [2.24, 2.45) is 0 Å². The van der Waals surface area contributed by atoms with Crippen LogP contribution in [-0.2, 0) is 22.5 Å². The molecule has 1 aliphatic rings. The Morgan fingerprint density at radius 1 is 1.38 bits per heavy atom. The molecule has 0 saturated heterocycles. The van der Waals surface area contributed by atoms with E-state index < -0.39 is 0 Å². The fraction of sp³-hybridized carbons (Fsp3) is 0.474. The summed E-state index contributed by atoms with van der Waals surface area (Å²) in [4.78, 5) is 27.4. The van der Waals surface area contributed by atoms with Gasteiger partial charge in [0.25, 0.3) is 0 Å². The van der Waals surface area contributed by atoms with Crippen molar-refractivity contribution < 1.29 is 9.53 Å². The highest BCUT2D eigenvalue weighted by molar-refractivity contribution is 5.74. The molecule has 7 nitrogen and oxygen atoms in total. The first-order valence-corrected chi connectivity index (χ1v) is 8.94. The van der Waals surface area contributed by atoms with Crippen LogP contribution in [0.3, 0.4) is 0 Å². The summed E-state index contributed by atoms with van der Waals surface area (Å²) in [5.41, 5.74) is 2.69. The first kappa shape index (κ1) is 18.3. The zero-order chi connectivity index (χ0) is 18.5. The van der Waals surface area contributed by atoms with E-state index in [0.29, 0.717) is 25.5 Å². The van der Waals surface area contributed by atoms with Crippen LogP contribution < -0.4 is 5.32 Å². The molecule has 1 amide bonds. The van der Waals surface area contributed by atoms with Gasteiger partial charge in [0.1, 0.15) is 11.5 Å². The minimum Gasteiger partial charge on any atom is -0.383 e. The number of aromatic nitrogens is 3. The van der Waals surface area contributed by atoms with Crippen LogP contribution in [-0.4, -0.2) is 52.1 Å². The molecule has 3 rings (SSSR count). The summed E-state index contributed by atoms with van der Waals surface area (Å²) in [6, 6.07) is 5.84. The number of nitrogens with zero attached hydrogens (tertiary/aromatic N) is 4. The molecule has 1 N–H and O–H groups in total. The zero-order valence-electron chi connectivity index (χ0n) is 15.5. The van der Waals surface area contributed by atoms with Gasteiger partial charge in [0.2, 0.25) is 5.91 Å². The molecular formula is C19H25N5O2. The Hall–Kier alpha value is -2.54. The first-order chi connectivity index (χ1) is 12.6. The van der Waals surface area contributed by atoms with Crippen molar-refractivity contribution >= 4 is 11.7 Å². The Labute approximate surface area is 153 Å². The quantitative estimate of drug-likeness (QED) is 0.856. The van der Waals surface area contributed by atoms with Gasteiger partial charge in [0.05, 0.1) is 24.9 Å². The lowest BCUT2D eigenvalue weighted by Crippen LogP contribution is -2.36. The van der Waals surface area contributed by atoms with Crippen LogP contribution in [0.1, 0.15) is 31.5 Å². The zero-order valence-corrected chi connectivity index (χ0v) is 15.5. The van der Waals surface area contributed by atoms with Gasteiger partial charge in [-0.05, 0) is 25.0 Å². The van der Waals surface area contributed by atoms with Gasteiger partial charge < -0.3 is 15.0 Å². The third-order valence-electron chi connectivity index (χ3n) is 4.61. The molecule has 0 spiro atoms. The molecule has 3 heterocycles. The van der Waals surface area contributed by atoms with E-state index in [-0.39, 0.29) is 11.9 Å². The maximum atomic E-state index is 11.8. The molecule has 0 unspecified atom stereocenters. The van der Waals surface area contributed by atoms with Crippen molar-refractivity contribution in [3.8, 4) is 11.5 Å². The Morgan fingerprint density at radius 2 is 2.23 bits per heavy atom. The summed E-state index contributed by atoms with van der Waals surface area (Å²) >= 11 is 0. The molecule has 0 aliphatic carbocycles. The van der Waals surface area contributed by atoms with Crippen LogP contribution in [0.5, 0.6) is 0 Å². The maximum absolute atomic E-state index is 11.8. The number of methoxy groups -OCH3 is 1. The van der Waals surface area contributed by atoms with Gasteiger partial charge >= 0.3 is 0 Å². The second kappa shape index (κ2) is 8.23. The van der Waals surface area contributed by atoms with E-state index in [1.54, 1.807) is 20.2 Å². The summed E-state index contributed by atoms with van der Waals surface area (Å²) in [6.07, 6.45) is 3.39. The van der Waals surface area contributed by atoms with Gasteiger partial charge in [-0.2, -0.15) is 0 Å². The third kappa shape index (κ3) is 3.99. The summed E-state index contributed by atoms with van der Waals surface area (Å²) in [5, 5.41) is 3.50. The van der Waals surface area contributed by atoms with E-state index in [2.05, 4.69) is 17.2 Å². The Kier molecular flexibility index (Phi) is 5.78. The van der Waals surface area contributed by atoms with E-state index in [1.807, 2.05) is 23.1 Å². The SMILES string of the molecule is CC[C@H](COC)Nc1nc(-c2ccccn2)nc2c1CCN(C(C)=O)C2. The van der Waals surface area contributed by atoms with Gasteiger partial charge in [0, 0.05) is 32.3 Å². The number of ether oxygens (including phenoxy) is 1. The van der Waals surface area contributed by atoms with E-state index >= 15 is 0 Å². The van der Waals surface area contributed by atoms with Gasteiger partial charge in [0.15, 0.2) is 5.82 Å². The van der Waals surface area contributed by atoms with Gasteiger partial charge in [-0.15, -0.1) is 0 Å². The molecule has 0 aromatic carbocycles. The van der Waals surface area contributed by atoms with E-state index in [4.69, 9.17) is 14.7 Å². The molecule has 1 atom stereocenters. The van der Waals surface area contributed by atoms with E-state index in [1.165, 1.54) is 0 Å². The van der Waals surface area contributed by atoms with Crippen molar-refractivity contribution in [1.82, 2.24) is 19.9 Å². The fourth-order valence-electron chi connectivity index (χ4n) is 3.08. The summed E-state index contributed by atoms with van der Waals surface area (Å²) in [6.45, 7) is 5.50. The van der Waals surface area contributed by atoms with E-state index in [0.717, 1.165) is 35.6 Å². The lowest BCUT2D eigenvalue weighted by molar-refractivity contribution is -0.129. The van der Waals surface area contributed by atoms with Crippen molar-refractivity contribution in [1.29, 1.82) is 0 Å². The van der Waals surface area contributed by atoms with Crippen LogP contribution in [0.15, 0.2) is 24.4 Å². The van der Waals surface area contributed by atoms with Gasteiger partial charge in [-0.3, -0.25) is 9.78 Å². The van der Waals surface area contributed by atoms with Gasteiger partial charge in [-0.25, -0.2) is 9.97 Å². The van der Waals surface area contributed by atoms with Crippen LogP contribution >= 0.6 is 0 Å². The molecule has 0 fully saturated rings. The number of anilines is 1.